The van der Waals surface area contributed by atoms with Crippen LogP contribution in [0.15, 0.2) is 0 Å². The molecule has 3 unspecified atom stereocenters. The van der Waals surface area contributed by atoms with Gasteiger partial charge in [-0.3, -0.25) is 4.79 Å². The van der Waals surface area contributed by atoms with Gasteiger partial charge in [0.15, 0.2) is 0 Å². The SMILES string of the molecule is CC1CCC(NCCC(=O)NC2CC2)C1C. The number of hydrogen-bond acceptors (Lipinski definition) is 2. The molecule has 0 aromatic carbocycles. The van der Waals surface area contributed by atoms with E-state index in [1.165, 1.54) is 25.7 Å². The van der Waals surface area contributed by atoms with Gasteiger partial charge in [-0.25, -0.2) is 0 Å². The van der Waals surface area contributed by atoms with Crippen molar-refractivity contribution < 1.29 is 4.79 Å². The summed E-state index contributed by atoms with van der Waals surface area (Å²) in [5.41, 5.74) is 0. The molecule has 2 N–H and O–H groups in total. The molecule has 2 fully saturated rings. The van der Waals surface area contributed by atoms with Gasteiger partial charge in [0.1, 0.15) is 0 Å². The third kappa shape index (κ3) is 3.21. The predicted molar refractivity (Wildman–Crippen MR) is 65.1 cm³/mol. The van der Waals surface area contributed by atoms with Crippen LogP contribution in [0.5, 0.6) is 0 Å². The molecule has 3 atom stereocenters. The molecule has 1 amide bonds. The Morgan fingerprint density at radius 2 is 1.94 bits per heavy atom. The highest BCUT2D eigenvalue weighted by Gasteiger charge is 2.29. The fourth-order valence-electron chi connectivity index (χ4n) is 2.55. The van der Waals surface area contributed by atoms with Crippen molar-refractivity contribution in [2.24, 2.45) is 11.8 Å². The van der Waals surface area contributed by atoms with E-state index in [9.17, 15) is 4.79 Å². The van der Waals surface area contributed by atoms with E-state index in [1.807, 2.05) is 0 Å². The number of hydrogen-bond donors (Lipinski definition) is 2. The van der Waals surface area contributed by atoms with Crippen LogP contribution in [0.3, 0.4) is 0 Å². The van der Waals surface area contributed by atoms with Crippen LogP contribution in [-0.2, 0) is 4.79 Å². The first-order valence-corrected chi connectivity index (χ1v) is 6.69. The van der Waals surface area contributed by atoms with Crippen LogP contribution < -0.4 is 10.6 Å². The highest BCUT2D eigenvalue weighted by atomic mass is 16.1. The zero-order chi connectivity index (χ0) is 11.5. The van der Waals surface area contributed by atoms with Gasteiger partial charge in [0.25, 0.3) is 0 Å². The molecule has 92 valence electrons. The van der Waals surface area contributed by atoms with Crippen LogP contribution in [-0.4, -0.2) is 24.5 Å². The summed E-state index contributed by atoms with van der Waals surface area (Å²) in [5, 5.41) is 6.55. The second-order valence-electron chi connectivity index (χ2n) is 5.57. The maximum Gasteiger partial charge on any atom is 0.221 e. The molecule has 16 heavy (non-hydrogen) atoms. The largest absolute Gasteiger partial charge is 0.353 e. The average molecular weight is 224 g/mol. The van der Waals surface area contributed by atoms with Crippen molar-refractivity contribution in [2.75, 3.05) is 6.54 Å². The molecule has 0 bridgehead atoms. The van der Waals surface area contributed by atoms with E-state index in [4.69, 9.17) is 0 Å². The third-order valence-electron chi connectivity index (χ3n) is 4.17. The summed E-state index contributed by atoms with van der Waals surface area (Å²) >= 11 is 0. The van der Waals surface area contributed by atoms with Crippen LogP contribution in [0.25, 0.3) is 0 Å². The maximum atomic E-state index is 11.5. The van der Waals surface area contributed by atoms with Gasteiger partial charge in [-0.1, -0.05) is 13.8 Å². The molecular weight excluding hydrogens is 200 g/mol. The lowest BCUT2D eigenvalue weighted by Gasteiger charge is -2.19. The molecule has 0 aromatic heterocycles. The van der Waals surface area contributed by atoms with Gasteiger partial charge in [-0.05, 0) is 37.5 Å². The number of carbonyl (C=O) groups is 1. The van der Waals surface area contributed by atoms with Crippen LogP contribution in [0, 0.1) is 11.8 Å². The first-order chi connectivity index (χ1) is 7.66. The lowest BCUT2D eigenvalue weighted by molar-refractivity contribution is -0.121. The average Bonchev–Trinajstić information content (AvgIpc) is 3.00. The smallest absolute Gasteiger partial charge is 0.221 e. The summed E-state index contributed by atoms with van der Waals surface area (Å²) in [7, 11) is 0. The Bertz CT molecular complexity index is 250. The Morgan fingerprint density at radius 1 is 1.19 bits per heavy atom. The van der Waals surface area contributed by atoms with Crippen molar-refractivity contribution in [1.82, 2.24) is 10.6 Å². The number of amides is 1. The first kappa shape index (κ1) is 11.9. The topological polar surface area (TPSA) is 41.1 Å². The van der Waals surface area contributed by atoms with E-state index in [2.05, 4.69) is 24.5 Å². The fraction of sp³-hybridized carbons (Fsp3) is 0.923. The van der Waals surface area contributed by atoms with Gasteiger partial charge in [-0.15, -0.1) is 0 Å². The summed E-state index contributed by atoms with van der Waals surface area (Å²) in [4.78, 5) is 11.5. The first-order valence-electron chi connectivity index (χ1n) is 6.69. The Balaban J connectivity index is 1.58. The normalized spacial score (nSPS) is 34.0. The zero-order valence-electron chi connectivity index (χ0n) is 10.5. The van der Waals surface area contributed by atoms with Gasteiger partial charge in [0, 0.05) is 25.0 Å². The molecule has 3 heteroatoms. The van der Waals surface area contributed by atoms with Crippen LogP contribution in [0.4, 0.5) is 0 Å². The summed E-state index contributed by atoms with van der Waals surface area (Å²) < 4.78 is 0. The quantitative estimate of drug-likeness (QED) is 0.746. The van der Waals surface area contributed by atoms with Gasteiger partial charge < -0.3 is 10.6 Å². The summed E-state index contributed by atoms with van der Waals surface area (Å²) in [6.45, 7) is 5.48. The predicted octanol–water partition coefficient (Wildman–Crippen LogP) is 1.68. The zero-order valence-corrected chi connectivity index (χ0v) is 10.5. The maximum absolute atomic E-state index is 11.5. The minimum Gasteiger partial charge on any atom is -0.353 e. The number of rotatable bonds is 5. The molecule has 0 heterocycles. The Kier molecular flexibility index (Phi) is 3.85. The monoisotopic (exact) mass is 224 g/mol. The van der Waals surface area contributed by atoms with E-state index in [0.717, 1.165) is 18.4 Å². The third-order valence-corrected chi connectivity index (χ3v) is 4.17. The minimum atomic E-state index is 0.216. The highest BCUT2D eigenvalue weighted by Crippen LogP contribution is 2.30. The molecule has 3 nitrogen and oxygen atoms in total. The second kappa shape index (κ2) is 5.17. The molecule has 0 aliphatic heterocycles. The summed E-state index contributed by atoms with van der Waals surface area (Å²) in [5.74, 6) is 1.80. The van der Waals surface area contributed by atoms with Crippen molar-refractivity contribution in [2.45, 2.75) is 58.0 Å². The van der Waals surface area contributed by atoms with E-state index < -0.39 is 0 Å². The van der Waals surface area contributed by atoms with Gasteiger partial charge in [-0.2, -0.15) is 0 Å². The second-order valence-corrected chi connectivity index (χ2v) is 5.57. The summed E-state index contributed by atoms with van der Waals surface area (Å²) in [6, 6.07) is 1.13. The molecule has 0 saturated heterocycles. The van der Waals surface area contributed by atoms with Crippen molar-refractivity contribution >= 4 is 5.91 Å². The lowest BCUT2D eigenvalue weighted by Crippen LogP contribution is -2.36. The molecule has 2 rings (SSSR count). The molecule has 2 aliphatic carbocycles. The highest BCUT2D eigenvalue weighted by molar-refractivity contribution is 5.76. The van der Waals surface area contributed by atoms with E-state index in [-0.39, 0.29) is 5.91 Å². The Labute approximate surface area is 98.4 Å². The molecule has 2 saturated carbocycles. The Hall–Kier alpha value is -0.570. The van der Waals surface area contributed by atoms with E-state index >= 15 is 0 Å². The van der Waals surface area contributed by atoms with Crippen molar-refractivity contribution in [3.05, 3.63) is 0 Å². The lowest BCUT2D eigenvalue weighted by atomic mass is 9.98. The van der Waals surface area contributed by atoms with Crippen LogP contribution >= 0.6 is 0 Å². The van der Waals surface area contributed by atoms with E-state index in [1.54, 1.807) is 0 Å². The molecule has 0 spiro atoms. The van der Waals surface area contributed by atoms with Gasteiger partial charge >= 0.3 is 0 Å². The van der Waals surface area contributed by atoms with Gasteiger partial charge in [0.2, 0.25) is 5.91 Å². The molecule has 0 radical (unpaired) electrons. The number of carbonyl (C=O) groups excluding carboxylic acids is 1. The fourth-order valence-corrected chi connectivity index (χ4v) is 2.55. The standard InChI is InChI=1S/C13H24N2O/c1-9-3-6-12(10(9)2)14-8-7-13(16)15-11-4-5-11/h9-12,14H,3-8H2,1-2H3,(H,15,16). The molecular formula is C13H24N2O. The van der Waals surface area contributed by atoms with E-state index in [0.29, 0.717) is 18.5 Å². The van der Waals surface area contributed by atoms with Crippen molar-refractivity contribution in [3.63, 3.8) is 0 Å². The Morgan fingerprint density at radius 3 is 2.50 bits per heavy atom. The minimum absolute atomic E-state index is 0.216. The molecule has 0 aromatic rings. The van der Waals surface area contributed by atoms with Crippen molar-refractivity contribution in [1.29, 1.82) is 0 Å². The summed E-state index contributed by atoms with van der Waals surface area (Å²) in [6.07, 6.45) is 5.58. The van der Waals surface area contributed by atoms with Crippen molar-refractivity contribution in [3.8, 4) is 0 Å². The molecule has 2 aliphatic rings. The number of nitrogens with one attached hydrogen (secondary N) is 2. The van der Waals surface area contributed by atoms with Crippen LogP contribution in [0.1, 0.15) is 46.0 Å². The van der Waals surface area contributed by atoms with Gasteiger partial charge in [0.05, 0.1) is 0 Å². The van der Waals surface area contributed by atoms with Crippen LogP contribution in [0.2, 0.25) is 0 Å².